The van der Waals surface area contributed by atoms with Gasteiger partial charge in [0.25, 0.3) is 0 Å². The van der Waals surface area contributed by atoms with Crippen molar-refractivity contribution in [1.82, 2.24) is 0 Å². The second-order valence-corrected chi connectivity index (χ2v) is 6.07. The Morgan fingerprint density at radius 3 is 2.85 bits per heavy atom. The van der Waals surface area contributed by atoms with Gasteiger partial charge in [0.2, 0.25) is 5.91 Å². The van der Waals surface area contributed by atoms with Gasteiger partial charge in [0, 0.05) is 17.0 Å². The normalized spacial score (nSPS) is 17.8. The lowest BCUT2D eigenvalue weighted by Crippen LogP contribution is -2.41. The van der Waals surface area contributed by atoms with E-state index in [2.05, 4.69) is 6.58 Å². The van der Waals surface area contributed by atoms with Crippen LogP contribution in [0.25, 0.3) is 0 Å². The molecule has 0 saturated heterocycles. The summed E-state index contributed by atoms with van der Waals surface area (Å²) >= 11 is 1.59. The summed E-state index contributed by atoms with van der Waals surface area (Å²) in [6.07, 6.45) is 3.36. The van der Waals surface area contributed by atoms with E-state index in [1.807, 2.05) is 31.2 Å². The molecule has 0 saturated carbocycles. The molecule has 2 rings (SSSR count). The lowest BCUT2D eigenvalue weighted by atomic mass is 10.1. The van der Waals surface area contributed by atoms with Crippen LogP contribution < -0.4 is 4.90 Å². The minimum Gasteiger partial charge on any atom is -0.310 e. The molecule has 1 unspecified atom stereocenters. The number of carbonyl (C=O) groups is 2. The molecule has 20 heavy (non-hydrogen) atoms. The Kier molecular flexibility index (Phi) is 4.65. The molecule has 0 radical (unpaired) electrons. The first-order valence-corrected chi connectivity index (χ1v) is 7.70. The predicted octanol–water partition coefficient (Wildman–Crippen LogP) is 3.68. The van der Waals surface area contributed by atoms with Gasteiger partial charge in [-0.3, -0.25) is 9.59 Å². The summed E-state index contributed by atoms with van der Waals surface area (Å²) in [6, 6.07) is 5.62. The highest BCUT2D eigenvalue weighted by atomic mass is 32.2. The van der Waals surface area contributed by atoms with Crippen molar-refractivity contribution in [2.24, 2.45) is 0 Å². The first-order valence-electron chi connectivity index (χ1n) is 6.82. The summed E-state index contributed by atoms with van der Waals surface area (Å²) in [7, 11) is 0. The van der Waals surface area contributed by atoms with Crippen molar-refractivity contribution < 1.29 is 9.59 Å². The number of nitrogens with zero attached hydrogens (tertiary/aromatic N) is 1. The molecule has 0 fully saturated rings. The second-order valence-electron chi connectivity index (χ2n) is 4.82. The fourth-order valence-electron chi connectivity index (χ4n) is 2.25. The third kappa shape index (κ3) is 2.80. The predicted molar refractivity (Wildman–Crippen MR) is 83.5 cm³/mol. The Hall–Kier alpha value is -1.55. The van der Waals surface area contributed by atoms with E-state index < -0.39 is 0 Å². The summed E-state index contributed by atoms with van der Waals surface area (Å²) < 4.78 is 0. The molecule has 1 heterocycles. The van der Waals surface area contributed by atoms with Gasteiger partial charge in [0.1, 0.15) is 0 Å². The van der Waals surface area contributed by atoms with Gasteiger partial charge in [-0.1, -0.05) is 19.1 Å². The maximum Gasteiger partial charge on any atom is 0.240 e. The summed E-state index contributed by atoms with van der Waals surface area (Å²) in [5, 5.41) is -0.0320. The van der Waals surface area contributed by atoms with Crippen LogP contribution in [-0.2, 0) is 4.79 Å². The van der Waals surface area contributed by atoms with Crippen LogP contribution in [0, 0.1) is 0 Å². The van der Waals surface area contributed by atoms with E-state index >= 15 is 0 Å². The lowest BCUT2D eigenvalue weighted by Gasteiger charge is -2.33. The molecule has 106 valence electrons. The average molecular weight is 289 g/mol. The molecular weight excluding hydrogens is 270 g/mol. The lowest BCUT2D eigenvalue weighted by molar-refractivity contribution is -0.118. The van der Waals surface area contributed by atoms with E-state index in [4.69, 9.17) is 0 Å². The Labute approximate surface area is 124 Å². The van der Waals surface area contributed by atoms with Crippen LogP contribution >= 0.6 is 11.8 Å². The van der Waals surface area contributed by atoms with Crippen molar-refractivity contribution in [3.05, 3.63) is 36.4 Å². The van der Waals surface area contributed by atoms with Crippen LogP contribution in [0.15, 0.2) is 35.7 Å². The number of benzene rings is 1. The summed E-state index contributed by atoms with van der Waals surface area (Å²) in [4.78, 5) is 26.9. The van der Waals surface area contributed by atoms with Crippen LogP contribution in [0.1, 0.15) is 37.0 Å². The van der Waals surface area contributed by atoms with E-state index in [9.17, 15) is 9.59 Å². The van der Waals surface area contributed by atoms with Crippen LogP contribution in [0.3, 0.4) is 0 Å². The third-order valence-electron chi connectivity index (χ3n) is 3.39. The summed E-state index contributed by atoms with van der Waals surface area (Å²) in [5.41, 5.74) is 1.51. The number of fused-ring (bicyclic) bond motifs is 1. The van der Waals surface area contributed by atoms with Crippen LogP contribution in [0.4, 0.5) is 5.69 Å². The first kappa shape index (κ1) is 14.9. The molecule has 1 atom stereocenters. The van der Waals surface area contributed by atoms with Gasteiger partial charge in [-0.15, -0.1) is 18.3 Å². The molecule has 1 amide bonds. The number of ketones is 1. The monoisotopic (exact) mass is 289 g/mol. The Balaban J connectivity index is 2.44. The highest BCUT2D eigenvalue weighted by Crippen LogP contribution is 2.40. The molecule has 3 nitrogen and oxygen atoms in total. The van der Waals surface area contributed by atoms with Gasteiger partial charge in [0.05, 0.1) is 10.9 Å². The van der Waals surface area contributed by atoms with E-state index in [1.165, 1.54) is 0 Å². The van der Waals surface area contributed by atoms with Gasteiger partial charge in [-0.05, 0) is 31.9 Å². The quantitative estimate of drug-likeness (QED) is 0.613. The van der Waals surface area contributed by atoms with Crippen molar-refractivity contribution in [2.75, 3.05) is 11.4 Å². The molecule has 0 N–H and O–H groups in total. The van der Waals surface area contributed by atoms with Crippen molar-refractivity contribution in [1.29, 1.82) is 0 Å². The maximum atomic E-state index is 12.5. The smallest absolute Gasteiger partial charge is 0.240 e. The number of Topliss-reactive ketones (excluding diaryl/α,β-unsaturated/α-hetero) is 1. The zero-order valence-electron chi connectivity index (χ0n) is 11.9. The minimum absolute atomic E-state index is 0.0199. The Bertz CT molecular complexity index is 553. The zero-order chi connectivity index (χ0) is 14.7. The fraction of sp³-hybridized carbons (Fsp3) is 0.375. The number of carbonyl (C=O) groups excluding carboxylic acids is 2. The SMILES string of the molecule is C=CCCN1C(=O)C(CC)Sc2ccc(C(C)=O)cc21. The molecule has 0 aromatic heterocycles. The van der Waals surface area contributed by atoms with E-state index in [-0.39, 0.29) is 16.9 Å². The third-order valence-corrected chi connectivity index (χ3v) is 4.81. The Morgan fingerprint density at radius 1 is 1.50 bits per heavy atom. The second kappa shape index (κ2) is 6.27. The molecule has 0 bridgehead atoms. The maximum absolute atomic E-state index is 12.5. The van der Waals surface area contributed by atoms with Gasteiger partial charge in [-0.25, -0.2) is 0 Å². The van der Waals surface area contributed by atoms with Gasteiger partial charge in [0.15, 0.2) is 5.78 Å². The molecule has 0 spiro atoms. The molecule has 0 aliphatic carbocycles. The number of hydrogen-bond acceptors (Lipinski definition) is 3. The number of thioether (sulfide) groups is 1. The van der Waals surface area contributed by atoms with Crippen LogP contribution in [0.2, 0.25) is 0 Å². The van der Waals surface area contributed by atoms with Crippen molar-refractivity contribution >= 4 is 29.1 Å². The largest absolute Gasteiger partial charge is 0.310 e. The standard InChI is InChI=1S/C16H19NO2S/c1-4-6-9-17-13-10-12(11(3)18)7-8-15(13)20-14(5-2)16(17)19/h4,7-8,10,14H,1,5-6,9H2,2-3H3. The van der Waals surface area contributed by atoms with E-state index in [1.54, 1.807) is 23.6 Å². The van der Waals surface area contributed by atoms with Gasteiger partial charge in [-0.2, -0.15) is 0 Å². The minimum atomic E-state index is -0.0320. The number of hydrogen-bond donors (Lipinski definition) is 0. The fourth-order valence-corrected chi connectivity index (χ4v) is 3.39. The Morgan fingerprint density at radius 2 is 2.25 bits per heavy atom. The van der Waals surface area contributed by atoms with Gasteiger partial charge >= 0.3 is 0 Å². The molecular formula is C16H19NO2S. The number of amides is 1. The molecule has 1 aliphatic heterocycles. The van der Waals surface area contributed by atoms with Gasteiger partial charge < -0.3 is 4.90 Å². The molecule has 4 heteroatoms. The van der Waals surface area contributed by atoms with E-state index in [0.29, 0.717) is 12.1 Å². The zero-order valence-corrected chi connectivity index (χ0v) is 12.7. The summed E-state index contributed by atoms with van der Waals surface area (Å²) in [6.45, 7) is 7.90. The number of rotatable bonds is 5. The number of anilines is 1. The van der Waals surface area contributed by atoms with Crippen molar-refractivity contribution in [3.8, 4) is 0 Å². The van der Waals surface area contributed by atoms with Crippen LogP contribution in [-0.4, -0.2) is 23.5 Å². The van der Waals surface area contributed by atoms with E-state index in [0.717, 1.165) is 23.4 Å². The molecule has 1 aliphatic rings. The van der Waals surface area contributed by atoms with Crippen molar-refractivity contribution in [3.63, 3.8) is 0 Å². The topological polar surface area (TPSA) is 37.4 Å². The first-order chi connectivity index (χ1) is 9.58. The summed E-state index contributed by atoms with van der Waals surface area (Å²) in [5.74, 6) is 0.152. The highest BCUT2D eigenvalue weighted by molar-refractivity contribution is 8.01. The highest BCUT2D eigenvalue weighted by Gasteiger charge is 2.32. The molecule has 1 aromatic rings. The average Bonchev–Trinajstić information content (AvgIpc) is 2.45. The van der Waals surface area contributed by atoms with Crippen LogP contribution in [0.5, 0.6) is 0 Å². The molecule has 1 aromatic carbocycles. The van der Waals surface area contributed by atoms with Crippen molar-refractivity contribution in [2.45, 2.75) is 36.8 Å².